The molecule has 0 radical (unpaired) electrons. The highest BCUT2D eigenvalue weighted by Crippen LogP contribution is 2.28. The number of rotatable bonds is 3. The molecule has 1 aromatic heterocycles. The summed E-state index contributed by atoms with van der Waals surface area (Å²) in [5.74, 6) is 0.117. The summed E-state index contributed by atoms with van der Waals surface area (Å²) in [5, 5.41) is 17.0. The Hall–Kier alpha value is -1.36. The summed E-state index contributed by atoms with van der Waals surface area (Å²) in [6.07, 6.45) is 4.06. The van der Waals surface area contributed by atoms with Crippen LogP contribution in [0, 0.1) is 5.92 Å². The Kier molecular flexibility index (Phi) is 3.94. The number of carbonyl (C=O) groups excluding carboxylic acids is 1. The van der Waals surface area contributed by atoms with E-state index >= 15 is 0 Å². The molecule has 5 nitrogen and oxygen atoms in total. The van der Waals surface area contributed by atoms with Gasteiger partial charge < -0.3 is 10.0 Å². The van der Waals surface area contributed by atoms with Crippen molar-refractivity contribution in [2.24, 2.45) is 5.92 Å². The Bertz CT molecular complexity index is 453. The number of aryl methyl sites for hydroxylation is 1. The molecule has 0 bridgehead atoms. The number of hydrogen-bond donors (Lipinski definition) is 2. The van der Waals surface area contributed by atoms with Gasteiger partial charge in [0, 0.05) is 24.7 Å². The fourth-order valence-corrected chi connectivity index (χ4v) is 2.52. The van der Waals surface area contributed by atoms with Crippen LogP contribution in [0.2, 0.25) is 0 Å². The normalized spacial score (nSPS) is 27.6. The van der Waals surface area contributed by atoms with Gasteiger partial charge in [-0.05, 0) is 19.8 Å². The number of carbonyl (C=O) groups is 1. The topological polar surface area (TPSA) is 69.2 Å². The van der Waals surface area contributed by atoms with Crippen molar-refractivity contribution in [2.45, 2.75) is 45.6 Å². The zero-order valence-electron chi connectivity index (χ0n) is 11.9. The molecule has 1 aliphatic rings. The molecular formula is C14H23N3O2. The number of aromatic nitrogens is 2. The highest BCUT2D eigenvalue weighted by molar-refractivity contribution is 5.95. The van der Waals surface area contributed by atoms with Crippen LogP contribution < -0.4 is 0 Å². The fraction of sp³-hybridized carbons (Fsp3) is 0.714. The van der Waals surface area contributed by atoms with Crippen LogP contribution in [-0.4, -0.2) is 44.8 Å². The molecule has 1 saturated heterocycles. The maximum absolute atomic E-state index is 12.5. The molecule has 106 valence electrons. The third-order valence-electron chi connectivity index (χ3n) is 4.18. The molecule has 1 aliphatic heterocycles. The van der Waals surface area contributed by atoms with Crippen LogP contribution in [0.3, 0.4) is 0 Å². The highest BCUT2D eigenvalue weighted by Gasteiger charge is 2.36. The van der Waals surface area contributed by atoms with Crippen LogP contribution in [0.25, 0.3) is 0 Å². The Labute approximate surface area is 114 Å². The first-order chi connectivity index (χ1) is 8.95. The van der Waals surface area contributed by atoms with Gasteiger partial charge >= 0.3 is 0 Å². The minimum Gasteiger partial charge on any atom is -0.390 e. The summed E-state index contributed by atoms with van der Waals surface area (Å²) in [6, 6.07) is 0. The molecule has 0 unspecified atom stereocenters. The maximum atomic E-state index is 12.5. The molecule has 1 amide bonds. The summed E-state index contributed by atoms with van der Waals surface area (Å²) >= 11 is 0. The molecule has 2 rings (SSSR count). The monoisotopic (exact) mass is 265 g/mol. The number of nitrogens with one attached hydrogen (secondary N) is 1. The lowest BCUT2D eigenvalue weighted by atomic mass is 9.84. The molecule has 19 heavy (non-hydrogen) atoms. The van der Waals surface area contributed by atoms with Crippen LogP contribution in [-0.2, 0) is 6.42 Å². The number of aromatic amines is 1. The van der Waals surface area contributed by atoms with E-state index in [0.717, 1.165) is 18.5 Å². The van der Waals surface area contributed by atoms with Crippen molar-refractivity contribution in [2.75, 3.05) is 13.1 Å². The van der Waals surface area contributed by atoms with E-state index in [-0.39, 0.29) is 11.8 Å². The van der Waals surface area contributed by atoms with Crippen molar-refractivity contribution in [3.05, 3.63) is 17.5 Å². The van der Waals surface area contributed by atoms with Gasteiger partial charge in [-0.3, -0.25) is 9.89 Å². The van der Waals surface area contributed by atoms with Crippen molar-refractivity contribution in [3.8, 4) is 0 Å². The van der Waals surface area contributed by atoms with Gasteiger partial charge in [-0.25, -0.2) is 0 Å². The number of H-pyrrole nitrogens is 1. The van der Waals surface area contributed by atoms with Gasteiger partial charge in [-0.2, -0.15) is 5.10 Å². The fourth-order valence-electron chi connectivity index (χ4n) is 2.52. The summed E-state index contributed by atoms with van der Waals surface area (Å²) in [7, 11) is 0. The van der Waals surface area contributed by atoms with Crippen LogP contribution in [0.5, 0.6) is 0 Å². The Balaban J connectivity index is 2.10. The van der Waals surface area contributed by atoms with Gasteiger partial charge in [0.25, 0.3) is 5.91 Å². The van der Waals surface area contributed by atoms with E-state index < -0.39 is 5.60 Å². The third kappa shape index (κ3) is 2.81. The zero-order valence-corrected chi connectivity index (χ0v) is 11.9. The second-order valence-electron chi connectivity index (χ2n) is 5.77. The first-order valence-electron chi connectivity index (χ1n) is 6.99. The number of nitrogens with zero attached hydrogens (tertiary/aromatic N) is 2. The van der Waals surface area contributed by atoms with Crippen molar-refractivity contribution in [3.63, 3.8) is 0 Å². The van der Waals surface area contributed by atoms with E-state index in [0.29, 0.717) is 25.1 Å². The lowest BCUT2D eigenvalue weighted by molar-refractivity contribution is -0.0439. The van der Waals surface area contributed by atoms with E-state index in [9.17, 15) is 9.90 Å². The van der Waals surface area contributed by atoms with Crippen molar-refractivity contribution in [1.82, 2.24) is 15.1 Å². The molecule has 0 aromatic carbocycles. The van der Waals surface area contributed by atoms with Crippen LogP contribution in [0.1, 0.15) is 49.7 Å². The molecule has 0 aliphatic carbocycles. The summed E-state index contributed by atoms with van der Waals surface area (Å²) in [5.41, 5.74) is 0.924. The second-order valence-corrected chi connectivity index (χ2v) is 5.77. The van der Waals surface area contributed by atoms with Gasteiger partial charge in [0.15, 0.2) is 0 Å². The van der Waals surface area contributed by atoms with Gasteiger partial charge in [-0.15, -0.1) is 0 Å². The minimum atomic E-state index is -0.667. The molecule has 1 fully saturated rings. The van der Waals surface area contributed by atoms with Crippen LogP contribution in [0.15, 0.2) is 6.20 Å². The third-order valence-corrected chi connectivity index (χ3v) is 4.18. The van der Waals surface area contributed by atoms with Crippen molar-refractivity contribution < 1.29 is 9.90 Å². The first kappa shape index (κ1) is 14.1. The van der Waals surface area contributed by atoms with Gasteiger partial charge in [0.2, 0.25) is 0 Å². The van der Waals surface area contributed by atoms with E-state index in [2.05, 4.69) is 17.1 Å². The number of amides is 1. The molecule has 0 saturated carbocycles. The predicted octanol–water partition coefficient (Wildman–Crippen LogP) is 1.60. The summed E-state index contributed by atoms with van der Waals surface area (Å²) in [4.78, 5) is 14.3. The smallest absolute Gasteiger partial charge is 0.257 e. The minimum absolute atomic E-state index is 0.0274. The average Bonchev–Trinajstić information content (AvgIpc) is 2.80. The van der Waals surface area contributed by atoms with Crippen LogP contribution >= 0.6 is 0 Å². The average molecular weight is 265 g/mol. The Morgan fingerprint density at radius 1 is 1.68 bits per heavy atom. The Morgan fingerprint density at radius 3 is 3.05 bits per heavy atom. The number of likely N-dealkylation sites (tertiary alicyclic amines) is 1. The van der Waals surface area contributed by atoms with E-state index in [1.165, 1.54) is 0 Å². The second kappa shape index (κ2) is 5.33. The summed E-state index contributed by atoms with van der Waals surface area (Å²) < 4.78 is 0. The van der Waals surface area contributed by atoms with E-state index in [1.54, 1.807) is 6.20 Å². The largest absolute Gasteiger partial charge is 0.390 e. The lowest BCUT2D eigenvalue weighted by Gasteiger charge is -2.41. The maximum Gasteiger partial charge on any atom is 0.257 e. The van der Waals surface area contributed by atoms with E-state index in [4.69, 9.17) is 0 Å². The number of aliphatic hydroxyl groups is 1. The molecule has 0 spiro atoms. The van der Waals surface area contributed by atoms with Crippen LogP contribution in [0.4, 0.5) is 0 Å². The van der Waals surface area contributed by atoms with Gasteiger partial charge in [0.05, 0.1) is 17.4 Å². The highest BCUT2D eigenvalue weighted by atomic mass is 16.3. The van der Waals surface area contributed by atoms with Crippen molar-refractivity contribution in [1.29, 1.82) is 0 Å². The number of piperidine rings is 1. The molecule has 2 N–H and O–H groups in total. The quantitative estimate of drug-likeness (QED) is 0.872. The lowest BCUT2D eigenvalue weighted by Crippen LogP contribution is -2.50. The molecule has 2 atom stereocenters. The summed E-state index contributed by atoms with van der Waals surface area (Å²) in [6.45, 7) is 7.12. The predicted molar refractivity (Wildman–Crippen MR) is 72.9 cm³/mol. The molecular weight excluding hydrogens is 242 g/mol. The molecule has 5 heteroatoms. The zero-order chi connectivity index (χ0) is 14.0. The standard InChI is InChI=1S/C14H23N3O2/c1-4-5-12-11(8-15-16-12)13(18)17-7-6-14(3,19)10(2)9-17/h8,10,19H,4-7,9H2,1-3H3,(H,15,16)/t10-,14+/m1/s1. The Morgan fingerprint density at radius 2 is 2.42 bits per heavy atom. The van der Waals surface area contributed by atoms with Gasteiger partial charge in [-0.1, -0.05) is 20.3 Å². The molecule has 2 heterocycles. The first-order valence-corrected chi connectivity index (χ1v) is 6.99. The SMILES string of the molecule is CCCc1[nH]ncc1C(=O)N1CC[C@](C)(O)[C@H](C)C1. The van der Waals surface area contributed by atoms with E-state index in [1.807, 2.05) is 18.7 Å². The van der Waals surface area contributed by atoms with Gasteiger partial charge in [0.1, 0.15) is 0 Å². The number of hydrogen-bond acceptors (Lipinski definition) is 3. The molecule has 1 aromatic rings. The van der Waals surface area contributed by atoms with Crippen molar-refractivity contribution >= 4 is 5.91 Å².